The normalized spacial score (nSPS) is 29.5. The second-order valence-electron chi connectivity index (χ2n) is 5.89. The summed E-state index contributed by atoms with van der Waals surface area (Å²) in [5, 5.41) is 2.72. The Morgan fingerprint density at radius 3 is 2.33 bits per heavy atom. The molecule has 3 rings (SSSR count). The van der Waals surface area contributed by atoms with E-state index in [1.807, 2.05) is 0 Å². The summed E-state index contributed by atoms with van der Waals surface area (Å²) in [4.78, 5) is 25.9. The van der Waals surface area contributed by atoms with Crippen molar-refractivity contribution in [2.45, 2.75) is 38.3 Å². The van der Waals surface area contributed by atoms with Crippen molar-refractivity contribution in [3.8, 4) is 0 Å². The van der Waals surface area contributed by atoms with Crippen molar-refractivity contribution in [2.75, 3.05) is 4.90 Å². The van der Waals surface area contributed by atoms with E-state index in [0.29, 0.717) is 0 Å². The molecular formula is C15H16F2N2O2. The molecule has 2 amide bonds. The van der Waals surface area contributed by atoms with E-state index in [9.17, 15) is 18.4 Å². The highest BCUT2D eigenvalue weighted by Crippen LogP contribution is 2.43. The van der Waals surface area contributed by atoms with E-state index in [1.54, 1.807) is 6.92 Å². The summed E-state index contributed by atoms with van der Waals surface area (Å²) < 4.78 is 28.0. The van der Waals surface area contributed by atoms with Crippen molar-refractivity contribution < 1.29 is 18.4 Å². The Labute approximate surface area is 121 Å². The molecule has 1 N–H and O–H groups in total. The first-order chi connectivity index (χ1) is 9.86. The van der Waals surface area contributed by atoms with Crippen LogP contribution in [0, 0.1) is 17.6 Å². The van der Waals surface area contributed by atoms with Crippen LogP contribution in [0.25, 0.3) is 0 Å². The molecule has 0 bridgehead atoms. The van der Waals surface area contributed by atoms with E-state index < -0.39 is 40.7 Å². The van der Waals surface area contributed by atoms with Crippen LogP contribution in [0.1, 0.15) is 26.7 Å². The number of carbonyl (C=O) groups excluding carboxylic acids is 2. The van der Waals surface area contributed by atoms with Gasteiger partial charge in [-0.3, -0.25) is 14.5 Å². The molecule has 1 saturated carbocycles. The third-order valence-corrected chi connectivity index (χ3v) is 4.38. The minimum Gasteiger partial charge on any atom is -0.340 e. The van der Waals surface area contributed by atoms with Crippen LogP contribution < -0.4 is 10.2 Å². The van der Waals surface area contributed by atoms with Gasteiger partial charge < -0.3 is 5.32 Å². The predicted octanol–water partition coefficient (Wildman–Crippen LogP) is 1.98. The highest BCUT2D eigenvalue weighted by molar-refractivity contribution is 6.10. The van der Waals surface area contributed by atoms with Crippen LogP contribution in [-0.2, 0) is 9.59 Å². The van der Waals surface area contributed by atoms with E-state index in [2.05, 4.69) is 5.32 Å². The monoisotopic (exact) mass is 294 g/mol. The maximum atomic E-state index is 14.0. The van der Waals surface area contributed by atoms with Gasteiger partial charge in [0.05, 0.1) is 0 Å². The number of amides is 2. The SMILES string of the molecule is CC1C(=O)NC(C)(C2CC2)C(=O)N1c1c(F)cccc1F. The number of carbonyl (C=O) groups is 2. The second-order valence-corrected chi connectivity index (χ2v) is 5.89. The fourth-order valence-electron chi connectivity index (χ4n) is 2.91. The molecule has 112 valence electrons. The van der Waals surface area contributed by atoms with Crippen LogP contribution in [0.2, 0.25) is 0 Å². The van der Waals surface area contributed by atoms with Crippen molar-refractivity contribution in [3.63, 3.8) is 0 Å². The van der Waals surface area contributed by atoms with Gasteiger partial charge in [0.15, 0.2) is 0 Å². The van der Waals surface area contributed by atoms with Gasteiger partial charge in [-0.25, -0.2) is 8.78 Å². The molecule has 1 aliphatic heterocycles. The number of nitrogens with one attached hydrogen (secondary N) is 1. The molecule has 1 heterocycles. The van der Waals surface area contributed by atoms with Crippen molar-refractivity contribution in [3.05, 3.63) is 29.8 Å². The summed E-state index contributed by atoms with van der Waals surface area (Å²) in [5.41, 5.74) is -1.53. The Kier molecular flexibility index (Phi) is 3.00. The number of benzene rings is 1. The topological polar surface area (TPSA) is 49.4 Å². The zero-order valence-electron chi connectivity index (χ0n) is 11.8. The zero-order chi connectivity index (χ0) is 15.4. The van der Waals surface area contributed by atoms with Crippen molar-refractivity contribution in [1.29, 1.82) is 0 Å². The molecular weight excluding hydrogens is 278 g/mol. The predicted molar refractivity (Wildman–Crippen MR) is 72.6 cm³/mol. The number of para-hydroxylation sites is 1. The average Bonchev–Trinajstić information content (AvgIpc) is 3.24. The first-order valence-electron chi connectivity index (χ1n) is 6.96. The minimum absolute atomic E-state index is 0.0267. The maximum absolute atomic E-state index is 14.0. The molecule has 2 fully saturated rings. The molecule has 1 aliphatic carbocycles. The van der Waals surface area contributed by atoms with E-state index in [1.165, 1.54) is 13.0 Å². The number of rotatable bonds is 2. The van der Waals surface area contributed by atoms with Gasteiger partial charge in [0.1, 0.15) is 28.9 Å². The van der Waals surface area contributed by atoms with Gasteiger partial charge in [0.25, 0.3) is 5.91 Å². The standard InChI is InChI=1S/C15H16F2N2O2/c1-8-13(20)18-15(2,9-6-7-9)14(21)19(8)12-10(16)4-3-5-11(12)17/h3-5,8-9H,6-7H2,1-2H3,(H,18,20). The van der Waals surface area contributed by atoms with Gasteiger partial charge >= 0.3 is 0 Å². The number of anilines is 1. The summed E-state index contributed by atoms with van der Waals surface area (Å²) in [5.74, 6) is -2.52. The second kappa shape index (κ2) is 4.51. The lowest BCUT2D eigenvalue weighted by Crippen LogP contribution is -2.70. The summed E-state index contributed by atoms with van der Waals surface area (Å²) in [6.45, 7) is 3.09. The number of hydrogen-bond acceptors (Lipinski definition) is 2. The first kappa shape index (κ1) is 14.0. The molecule has 1 aromatic carbocycles. The van der Waals surface area contributed by atoms with E-state index in [-0.39, 0.29) is 5.92 Å². The highest BCUT2D eigenvalue weighted by Gasteiger charge is 2.55. The molecule has 4 nitrogen and oxygen atoms in total. The van der Waals surface area contributed by atoms with Crippen LogP contribution in [0.4, 0.5) is 14.5 Å². The Morgan fingerprint density at radius 1 is 1.24 bits per heavy atom. The summed E-state index contributed by atoms with van der Waals surface area (Å²) in [7, 11) is 0. The summed E-state index contributed by atoms with van der Waals surface area (Å²) >= 11 is 0. The summed E-state index contributed by atoms with van der Waals surface area (Å²) in [6, 6.07) is 2.45. The molecule has 21 heavy (non-hydrogen) atoms. The molecule has 1 saturated heterocycles. The fraction of sp³-hybridized carbons (Fsp3) is 0.467. The van der Waals surface area contributed by atoms with Crippen LogP contribution >= 0.6 is 0 Å². The Hall–Kier alpha value is -1.98. The van der Waals surface area contributed by atoms with Gasteiger partial charge in [0, 0.05) is 0 Å². The van der Waals surface area contributed by atoms with Gasteiger partial charge in [-0.05, 0) is 44.7 Å². The highest BCUT2D eigenvalue weighted by atomic mass is 19.1. The third kappa shape index (κ3) is 2.01. The van der Waals surface area contributed by atoms with Crippen molar-refractivity contribution >= 4 is 17.5 Å². The summed E-state index contributed by atoms with van der Waals surface area (Å²) in [6.07, 6.45) is 1.65. The smallest absolute Gasteiger partial charge is 0.253 e. The van der Waals surface area contributed by atoms with Crippen LogP contribution in [0.3, 0.4) is 0 Å². The number of piperazine rings is 1. The van der Waals surface area contributed by atoms with Gasteiger partial charge in [0.2, 0.25) is 5.91 Å². The molecule has 0 aromatic heterocycles. The minimum atomic E-state index is -1.09. The molecule has 0 radical (unpaired) electrons. The number of hydrogen-bond donors (Lipinski definition) is 1. The Bertz CT molecular complexity index is 610. The van der Waals surface area contributed by atoms with Crippen molar-refractivity contribution in [2.24, 2.45) is 5.92 Å². The molecule has 6 heteroatoms. The first-order valence-corrected chi connectivity index (χ1v) is 6.96. The Balaban J connectivity index is 2.10. The van der Waals surface area contributed by atoms with E-state index >= 15 is 0 Å². The van der Waals surface area contributed by atoms with E-state index in [0.717, 1.165) is 29.9 Å². The van der Waals surface area contributed by atoms with Gasteiger partial charge in [-0.15, -0.1) is 0 Å². The lowest BCUT2D eigenvalue weighted by molar-refractivity contribution is -0.138. The number of halogens is 2. The average molecular weight is 294 g/mol. The maximum Gasteiger partial charge on any atom is 0.253 e. The van der Waals surface area contributed by atoms with Gasteiger partial charge in [-0.2, -0.15) is 0 Å². The van der Waals surface area contributed by atoms with Gasteiger partial charge in [-0.1, -0.05) is 6.07 Å². The molecule has 2 unspecified atom stereocenters. The van der Waals surface area contributed by atoms with Crippen LogP contribution in [0.5, 0.6) is 0 Å². The molecule has 2 atom stereocenters. The Morgan fingerprint density at radius 2 is 1.81 bits per heavy atom. The van der Waals surface area contributed by atoms with Crippen molar-refractivity contribution in [1.82, 2.24) is 5.32 Å². The third-order valence-electron chi connectivity index (χ3n) is 4.38. The van der Waals surface area contributed by atoms with Crippen LogP contribution in [0.15, 0.2) is 18.2 Å². The zero-order valence-corrected chi connectivity index (χ0v) is 11.8. The van der Waals surface area contributed by atoms with E-state index in [4.69, 9.17) is 0 Å². The lowest BCUT2D eigenvalue weighted by Gasteiger charge is -2.43. The quantitative estimate of drug-likeness (QED) is 0.907. The molecule has 2 aliphatic rings. The number of nitrogens with zero attached hydrogens (tertiary/aromatic N) is 1. The molecule has 1 aromatic rings. The fourth-order valence-corrected chi connectivity index (χ4v) is 2.91. The van der Waals surface area contributed by atoms with Crippen LogP contribution in [-0.4, -0.2) is 23.4 Å². The largest absolute Gasteiger partial charge is 0.340 e. The lowest BCUT2D eigenvalue weighted by atomic mass is 9.89. The molecule has 0 spiro atoms.